The third-order valence-electron chi connectivity index (χ3n) is 2.65. The molecule has 0 fully saturated rings. The fourth-order valence-electron chi connectivity index (χ4n) is 1.74. The van der Waals surface area contributed by atoms with E-state index in [1.54, 1.807) is 6.07 Å². The van der Waals surface area contributed by atoms with Gasteiger partial charge in [0, 0.05) is 17.4 Å². The fourth-order valence-corrected chi connectivity index (χ4v) is 1.74. The number of hydrogen-bond donors (Lipinski definition) is 3. The zero-order valence-electron chi connectivity index (χ0n) is 9.99. The average Bonchev–Trinajstić information content (AvgIpc) is 2.71. The number of aromatic nitrogens is 1. The largest absolute Gasteiger partial charge is 0.481 e. The summed E-state index contributed by atoms with van der Waals surface area (Å²) in [5.74, 6) is -1.22. The van der Waals surface area contributed by atoms with Gasteiger partial charge in [-0.15, -0.1) is 0 Å². The van der Waals surface area contributed by atoms with E-state index in [-0.39, 0.29) is 18.9 Å². The van der Waals surface area contributed by atoms with Gasteiger partial charge in [-0.05, 0) is 24.6 Å². The zero-order chi connectivity index (χ0) is 13.1. The number of rotatable bonds is 4. The first-order valence-electron chi connectivity index (χ1n) is 5.65. The molecule has 1 amide bonds. The first-order valence-corrected chi connectivity index (χ1v) is 5.65. The van der Waals surface area contributed by atoms with E-state index in [0.29, 0.717) is 5.69 Å². The van der Waals surface area contributed by atoms with Gasteiger partial charge in [-0.1, -0.05) is 12.1 Å². The molecule has 0 bridgehead atoms. The highest BCUT2D eigenvalue weighted by atomic mass is 16.4. The summed E-state index contributed by atoms with van der Waals surface area (Å²) in [6.45, 7) is 2.11. The second-order valence-corrected chi connectivity index (χ2v) is 4.17. The Balaban J connectivity index is 2.10. The van der Waals surface area contributed by atoms with E-state index >= 15 is 0 Å². The van der Waals surface area contributed by atoms with Crippen LogP contribution in [0.1, 0.15) is 22.5 Å². The van der Waals surface area contributed by atoms with Crippen molar-refractivity contribution in [3.8, 4) is 0 Å². The van der Waals surface area contributed by atoms with Crippen molar-refractivity contribution in [1.29, 1.82) is 0 Å². The van der Waals surface area contributed by atoms with E-state index < -0.39 is 5.97 Å². The molecule has 0 saturated carbocycles. The minimum atomic E-state index is -0.928. The molecule has 2 aromatic rings. The molecule has 1 aromatic carbocycles. The summed E-state index contributed by atoms with van der Waals surface area (Å²) in [4.78, 5) is 25.1. The number of carbonyl (C=O) groups excluding carboxylic acids is 1. The Labute approximate surface area is 104 Å². The van der Waals surface area contributed by atoms with Crippen LogP contribution in [-0.4, -0.2) is 28.5 Å². The molecule has 5 heteroatoms. The number of carboxylic acids is 1. The van der Waals surface area contributed by atoms with E-state index in [4.69, 9.17) is 5.11 Å². The first-order chi connectivity index (χ1) is 8.56. The zero-order valence-corrected chi connectivity index (χ0v) is 9.99. The van der Waals surface area contributed by atoms with Crippen molar-refractivity contribution < 1.29 is 14.7 Å². The number of nitrogens with one attached hydrogen (secondary N) is 2. The molecule has 1 aromatic heterocycles. The van der Waals surface area contributed by atoms with Gasteiger partial charge in [0.15, 0.2) is 0 Å². The molecule has 0 aliphatic carbocycles. The average molecular weight is 246 g/mol. The van der Waals surface area contributed by atoms with Gasteiger partial charge < -0.3 is 15.4 Å². The third kappa shape index (κ3) is 2.68. The van der Waals surface area contributed by atoms with Crippen molar-refractivity contribution in [2.75, 3.05) is 6.54 Å². The van der Waals surface area contributed by atoms with E-state index in [0.717, 1.165) is 16.5 Å². The van der Waals surface area contributed by atoms with Crippen LogP contribution < -0.4 is 5.32 Å². The van der Waals surface area contributed by atoms with Gasteiger partial charge in [-0.2, -0.15) is 0 Å². The Kier molecular flexibility index (Phi) is 3.32. The summed E-state index contributed by atoms with van der Waals surface area (Å²) < 4.78 is 0. The lowest BCUT2D eigenvalue weighted by Crippen LogP contribution is -2.26. The van der Waals surface area contributed by atoms with Gasteiger partial charge in [0.05, 0.1) is 6.42 Å². The lowest BCUT2D eigenvalue weighted by Gasteiger charge is -2.00. The highest BCUT2D eigenvalue weighted by Crippen LogP contribution is 2.16. The summed E-state index contributed by atoms with van der Waals surface area (Å²) in [5, 5.41) is 12.0. The number of hydrogen-bond acceptors (Lipinski definition) is 2. The van der Waals surface area contributed by atoms with Crippen molar-refractivity contribution >= 4 is 22.8 Å². The van der Waals surface area contributed by atoms with Gasteiger partial charge >= 0.3 is 5.97 Å². The van der Waals surface area contributed by atoms with E-state index in [1.165, 1.54) is 0 Å². The lowest BCUT2D eigenvalue weighted by molar-refractivity contribution is -0.136. The van der Waals surface area contributed by atoms with Crippen LogP contribution >= 0.6 is 0 Å². The van der Waals surface area contributed by atoms with Gasteiger partial charge in [-0.3, -0.25) is 9.59 Å². The van der Waals surface area contributed by atoms with E-state index in [2.05, 4.69) is 10.3 Å². The van der Waals surface area contributed by atoms with Crippen LogP contribution in [0.5, 0.6) is 0 Å². The number of aliphatic carboxylic acids is 1. The molecule has 0 aliphatic rings. The lowest BCUT2D eigenvalue weighted by atomic mass is 10.2. The monoisotopic (exact) mass is 246 g/mol. The summed E-state index contributed by atoms with van der Waals surface area (Å²) >= 11 is 0. The van der Waals surface area contributed by atoms with Crippen molar-refractivity contribution in [3.05, 3.63) is 35.5 Å². The molecule has 2 rings (SSSR count). The van der Waals surface area contributed by atoms with Crippen LogP contribution in [-0.2, 0) is 4.79 Å². The smallest absolute Gasteiger partial charge is 0.305 e. The number of H-pyrrole nitrogens is 1. The summed E-state index contributed by atoms with van der Waals surface area (Å²) in [5.41, 5.74) is 2.46. The van der Waals surface area contributed by atoms with E-state index in [9.17, 15) is 9.59 Å². The number of benzene rings is 1. The Morgan fingerprint density at radius 3 is 2.83 bits per heavy atom. The molecule has 0 spiro atoms. The first kappa shape index (κ1) is 12.2. The predicted octanol–water partition coefficient (Wildman–Crippen LogP) is 1.68. The van der Waals surface area contributed by atoms with Crippen LogP contribution in [0.25, 0.3) is 10.9 Å². The standard InChI is InChI=1S/C13H14N2O3/c1-8-2-3-9-7-11(15-10(9)6-8)13(18)14-5-4-12(16)17/h2-3,6-7,15H,4-5H2,1H3,(H,14,18)(H,16,17). The minimum Gasteiger partial charge on any atom is -0.481 e. The number of amides is 1. The highest BCUT2D eigenvalue weighted by Gasteiger charge is 2.09. The molecule has 1 heterocycles. The van der Waals surface area contributed by atoms with E-state index in [1.807, 2.05) is 25.1 Å². The quantitative estimate of drug-likeness (QED) is 0.767. The number of aryl methyl sites for hydroxylation is 1. The van der Waals surface area contributed by atoms with Gasteiger partial charge in [-0.25, -0.2) is 0 Å². The fraction of sp³-hybridized carbons (Fsp3) is 0.231. The Morgan fingerprint density at radius 1 is 1.33 bits per heavy atom. The Bertz CT molecular complexity index is 601. The molecule has 5 nitrogen and oxygen atoms in total. The van der Waals surface area contributed by atoms with Crippen LogP contribution in [0.15, 0.2) is 24.3 Å². The molecule has 94 valence electrons. The normalized spacial score (nSPS) is 10.5. The van der Waals surface area contributed by atoms with Crippen molar-refractivity contribution in [2.45, 2.75) is 13.3 Å². The molecule has 0 atom stereocenters. The van der Waals surface area contributed by atoms with Crippen molar-refractivity contribution in [1.82, 2.24) is 10.3 Å². The topological polar surface area (TPSA) is 82.2 Å². The minimum absolute atomic E-state index is 0.0783. The number of fused-ring (bicyclic) bond motifs is 1. The second-order valence-electron chi connectivity index (χ2n) is 4.17. The maximum atomic E-state index is 11.7. The Hall–Kier alpha value is -2.30. The Morgan fingerprint density at radius 2 is 2.11 bits per heavy atom. The highest BCUT2D eigenvalue weighted by molar-refractivity contribution is 5.98. The molecule has 0 unspecified atom stereocenters. The molecule has 0 aliphatic heterocycles. The number of aromatic amines is 1. The molecular weight excluding hydrogens is 232 g/mol. The molecule has 18 heavy (non-hydrogen) atoms. The van der Waals surface area contributed by atoms with Crippen LogP contribution in [0.3, 0.4) is 0 Å². The maximum absolute atomic E-state index is 11.7. The maximum Gasteiger partial charge on any atom is 0.305 e. The van der Waals surface area contributed by atoms with Crippen molar-refractivity contribution in [3.63, 3.8) is 0 Å². The van der Waals surface area contributed by atoms with Crippen molar-refractivity contribution in [2.24, 2.45) is 0 Å². The summed E-state index contributed by atoms with van der Waals surface area (Å²) in [6.07, 6.45) is -0.0783. The summed E-state index contributed by atoms with van der Waals surface area (Å²) in [7, 11) is 0. The number of carboxylic acid groups (broad SMARTS) is 1. The van der Waals surface area contributed by atoms with Gasteiger partial charge in [0.2, 0.25) is 0 Å². The molecule has 0 radical (unpaired) electrons. The third-order valence-corrected chi connectivity index (χ3v) is 2.65. The SMILES string of the molecule is Cc1ccc2cc(C(=O)NCCC(=O)O)[nH]c2c1. The van der Waals surface area contributed by atoms with Crippen LogP contribution in [0, 0.1) is 6.92 Å². The molecule has 3 N–H and O–H groups in total. The summed E-state index contributed by atoms with van der Waals surface area (Å²) in [6, 6.07) is 7.63. The molecule has 0 saturated heterocycles. The van der Waals surface area contributed by atoms with Gasteiger partial charge in [0.1, 0.15) is 5.69 Å². The van der Waals surface area contributed by atoms with Crippen LogP contribution in [0.4, 0.5) is 0 Å². The van der Waals surface area contributed by atoms with Gasteiger partial charge in [0.25, 0.3) is 5.91 Å². The number of carbonyl (C=O) groups is 2. The second kappa shape index (κ2) is 4.91. The predicted molar refractivity (Wildman–Crippen MR) is 67.6 cm³/mol. The molecular formula is C13H14N2O3. The van der Waals surface area contributed by atoms with Crippen LogP contribution in [0.2, 0.25) is 0 Å².